The molecule has 8 rings (SSSR count). The number of nitrogens with one attached hydrogen (secondary N) is 2. The van der Waals surface area contributed by atoms with Crippen LogP contribution in [-0.4, -0.2) is 83.0 Å². The van der Waals surface area contributed by atoms with Gasteiger partial charge in [0.2, 0.25) is 0 Å². The van der Waals surface area contributed by atoms with Gasteiger partial charge in [0.25, 0.3) is 23.4 Å². The fourth-order valence-electron chi connectivity index (χ4n) is 8.10. The predicted molar refractivity (Wildman–Crippen MR) is 351 cm³/mol. The smallest absolute Gasteiger partial charge is 0.424 e. The third-order valence-electron chi connectivity index (χ3n) is 11.6. The number of hydrogen-bond donors (Lipinski definition) is 2. The second kappa shape index (κ2) is 97.2. The quantitative estimate of drug-likeness (QED) is 0.0569. The van der Waals surface area contributed by atoms with E-state index in [4.69, 9.17) is 30.5 Å². The molecule has 0 saturated carbocycles. The summed E-state index contributed by atoms with van der Waals surface area (Å²) in [5.74, 6) is 0.0722. The van der Waals surface area contributed by atoms with Crippen LogP contribution in [0.2, 0.25) is 0 Å². The second-order valence-corrected chi connectivity index (χ2v) is 17.2. The van der Waals surface area contributed by atoms with Gasteiger partial charge in [0, 0.05) is 653 Å². The van der Waals surface area contributed by atoms with Crippen molar-refractivity contribution in [2.75, 3.05) is 21.3 Å². The molecule has 0 saturated heterocycles. The first-order valence-corrected chi connectivity index (χ1v) is 24.1. The molecule has 0 aromatic heterocycles. The summed E-state index contributed by atoms with van der Waals surface area (Å²) in [6.45, 7) is 9.92. The van der Waals surface area contributed by atoms with Crippen molar-refractivity contribution >= 4 is 69.9 Å². The molecule has 22 nitrogen and oxygen atoms in total. The van der Waals surface area contributed by atoms with E-state index in [-0.39, 0.29) is 714 Å². The Hall–Kier alpha value is 10.0. The number of ketones is 3. The third-order valence-corrected chi connectivity index (χ3v) is 11.7. The Bertz CT molecular complexity index is 3230. The number of aliphatic imine (C=N–C) groups is 3. The number of methoxy groups -OCH3 is 3. The van der Waals surface area contributed by atoms with Crippen molar-refractivity contribution in [3.05, 3.63) is 277 Å². The van der Waals surface area contributed by atoms with E-state index in [0.29, 0.717) is 40.0 Å². The van der Waals surface area contributed by atoms with Crippen molar-refractivity contribution in [2.24, 2.45) is 15.0 Å². The maximum atomic E-state index is 13.1. The van der Waals surface area contributed by atoms with E-state index in [9.17, 15) is 44.2 Å². The van der Waals surface area contributed by atoms with Crippen LogP contribution in [0.5, 0.6) is 11.5 Å². The summed E-state index contributed by atoms with van der Waals surface area (Å²) in [6, 6.07) is 38.0. The molecule has 2 N–H and O–H groups in total. The number of carbonyl (C=O) groups excluding carboxylic acids is 5. The first kappa shape index (κ1) is 177. The second-order valence-electron chi connectivity index (χ2n) is 16.9. The van der Waals surface area contributed by atoms with Gasteiger partial charge in [-0.2, -0.15) is 0 Å². The van der Waals surface area contributed by atoms with E-state index >= 15 is 0 Å². The monoisotopic (exact) mass is 2830 g/mol. The maximum absolute atomic E-state index is 13.1. The molecule has 3 aliphatic heterocycles. The minimum atomic E-state index is -0.978. The molecule has 0 spiro atoms. The molecule has 1 amide bonds. The van der Waals surface area contributed by atoms with Gasteiger partial charge in [-0.1, -0.05) is 91.0 Å². The summed E-state index contributed by atoms with van der Waals surface area (Å²) in [7, 11) is 4.47. The van der Waals surface area contributed by atoms with E-state index in [1.165, 1.54) is 62.6 Å². The van der Waals surface area contributed by atoms with E-state index in [1.54, 1.807) is 59.3 Å². The Labute approximate surface area is 1090 Å². The number of nitro benzene ring substituents is 2. The first-order chi connectivity index (χ1) is 37.7. The van der Waals surface area contributed by atoms with Gasteiger partial charge in [0.1, 0.15) is 29.6 Å². The van der Waals surface area contributed by atoms with Crippen LogP contribution >= 0.6 is 11.6 Å². The first-order valence-electron chi connectivity index (χ1n) is 23.8. The van der Waals surface area contributed by atoms with Crippen LogP contribution in [0.4, 0.5) is 21.0 Å². The number of carbonyl (C=O) groups is 5. The zero-order valence-corrected chi connectivity index (χ0v) is 116. The molecule has 536 valence electrons. The largest absolute Gasteiger partial charge is 0.468 e. The van der Waals surface area contributed by atoms with Crippen molar-refractivity contribution in [3.63, 3.8) is 0 Å². The van der Waals surface area contributed by atoms with Gasteiger partial charge in [0.05, 0.1) is 36.9 Å². The number of nitrogens with zero attached hydrogens (tertiary/aromatic N) is 6. The molecule has 0 bridgehead atoms. The molecular weight excluding hydrogens is 2750 g/mol. The molecule has 41 heteroatoms. The van der Waals surface area contributed by atoms with Gasteiger partial charge in [-0.3, -0.25) is 34.6 Å². The standard InChI is InChI=1S/C21H19N3O6.2C14H16N2O2.C7H4ClNO4.9CH3.18Y/c1-13-18(14(2)25)19(15-7-5-4-6-8-15)23(20(22-13)29-3)21(26)30-17-11-9-16(10-12-17)24(27)28;2*1-9-12(10(2)17)13(16-14(15-9)18-3)11-7-5-4-6-8-11;8-7(10)13-6-3-1-5(2-4-6)9(11)12;;;;;;;;;;;;;;;;;;;;;;;;;;;/h4-12,19H,1-3H3;2*4-8,13H,1-3H3,(H,15,16);1-4H;9*1H3;;;;;;;;;;;;;;;;;;/q;;;;9*-1;;;;;;;;;;;;;;;;;;. The predicted octanol–water partition coefficient (Wildman–Crippen LogP) is 14.7. The minimum Gasteiger partial charge on any atom is -0.468 e. The summed E-state index contributed by atoms with van der Waals surface area (Å²) in [5.41, 5.74) is 5.18. The van der Waals surface area contributed by atoms with Crippen molar-refractivity contribution < 1.29 is 646 Å². The SMILES string of the molecule is COC1=NC(C)=C(C(C)=O)C(c2ccccc2)N1C(=O)Oc1ccc([N+](=O)[O-])cc1.COC1=NC(c2ccccc2)C(C(C)=O)=C(C)N1.COC1=NC(c2ccccc2)C(C(C)=O)=C(C)N1.O=C(Cl)Oc1ccc([N+](=O)[O-])cc1.[CH3-].[CH3-].[CH3-].[CH3-].[CH3-].[CH3-].[CH3-].[CH3-].[CH3-].[Y].[Y].[Y].[Y].[Y].[Y].[Y].[Y].[Y].[Y].[Y].[Y].[Y].[Y].[Y].[Y].[Y].[Y]. The summed E-state index contributed by atoms with van der Waals surface area (Å²) in [4.78, 5) is 93.5. The molecule has 5 aromatic carbocycles. The molecule has 3 unspecified atom stereocenters. The van der Waals surface area contributed by atoms with Crippen LogP contribution in [0.1, 0.15) is 76.4 Å². The Morgan fingerprint density at radius 1 is 0.415 bits per heavy atom. The van der Waals surface area contributed by atoms with Gasteiger partial charge in [-0.05, 0) is 82.5 Å². The molecule has 3 aliphatic rings. The van der Waals surface area contributed by atoms with Crippen molar-refractivity contribution in [1.82, 2.24) is 15.5 Å². The van der Waals surface area contributed by atoms with Gasteiger partial charge in [0.15, 0.2) is 17.3 Å². The van der Waals surface area contributed by atoms with Crippen LogP contribution in [0, 0.1) is 87.1 Å². The summed E-state index contributed by atoms with van der Waals surface area (Å²) >= 11 is 4.92. The number of non-ortho nitro benzene ring substituents is 2. The maximum Gasteiger partial charge on any atom is 0.424 e. The number of halogens is 1. The van der Waals surface area contributed by atoms with Crippen LogP contribution in [0.25, 0.3) is 0 Å². The zero-order chi connectivity index (χ0) is 57.9. The molecule has 0 aliphatic carbocycles. The topological polar surface area (TPSA) is 282 Å². The van der Waals surface area contributed by atoms with E-state index in [0.717, 1.165) is 27.4 Å². The molecular formula is C65H82ClN8O14Y18-9. The molecule has 18 radical (unpaired) electrons. The Balaban J connectivity index is -0.0000000392. The Kier molecular flexibility index (Phi) is 163. The van der Waals surface area contributed by atoms with Gasteiger partial charge in [-0.15, -0.1) is 0 Å². The number of allylic oxidation sites excluding steroid dienone is 3. The number of rotatable bonds is 10. The molecule has 106 heavy (non-hydrogen) atoms. The molecule has 3 atom stereocenters. The van der Waals surface area contributed by atoms with Crippen molar-refractivity contribution in [1.29, 1.82) is 0 Å². The van der Waals surface area contributed by atoms with Gasteiger partial charge >= 0.3 is 17.5 Å². The molecule has 0 fully saturated rings. The number of benzene rings is 5. The third kappa shape index (κ3) is 59.8. The zero-order valence-electron chi connectivity index (χ0n) is 63.7. The van der Waals surface area contributed by atoms with Crippen LogP contribution in [0.3, 0.4) is 0 Å². The summed E-state index contributed by atoms with van der Waals surface area (Å²) in [6.07, 6.45) is -0.843. The average Bonchev–Trinajstić information content (AvgIpc) is 0.772. The van der Waals surface area contributed by atoms with Crippen molar-refractivity contribution in [3.8, 4) is 11.5 Å². The number of Topliss-reactive ketones (excluding diaryl/α,β-unsaturated/α-hetero) is 3. The number of nitro groups is 2. The van der Waals surface area contributed by atoms with Crippen LogP contribution < -0.4 is 20.1 Å². The van der Waals surface area contributed by atoms with Crippen molar-refractivity contribution in [2.45, 2.75) is 59.7 Å². The van der Waals surface area contributed by atoms with Crippen LogP contribution in [0.15, 0.2) is 188 Å². The average molecular weight is 2840 g/mol. The number of amidine groups is 3. The summed E-state index contributed by atoms with van der Waals surface area (Å²) in [5, 5.41) is 27.0. The molecule has 5 aromatic rings. The fourth-order valence-corrected chi connectivity index (χ4v) is 8.19. The Morgan fingerprint density at radius 3 is 0.934 bits per heavy atom. The normalized spacial score (nSPS) is 12.2. The summed E-state index contributed by atoms with van der Waals surface area (Å²) < 4.78 is 25.4. The molecule has 3 heterocycles. The fraction of sp³-hybridized carbons (Fsp3) is 0.185. The van der Waals surface area contributed by atoms with Crippen LogP contribution in [-0.2, 0) is 617 Å². The van der Waals surface area contributed by atoms with Gasteiger partial charge in [-0.25, -0.2) is 29.5 Å². The van der Waals surface area contributed by atoms with E-state index < -0.39 is 27.4 Å². The van der Waals surface area contributed by atoms with E-state index in [2.05, 4.69) is 30.3 Å². The minimum absolute atomic E-state index is 0. The number of amides is 1. The Morgan fingerprint density at radius 2 is 0.689 bits per heavy atom. The van der Waals surface area contributed by atoms with Gasteiger partial charge < -0.3 is 101 Å². The number of hydrogen-bond acceptors (Lipinski definition) is 19. The number of ether oxygens (including phenoxy) is 5. The van der Waals surface area contributed by atoms with E-state index in [1.807, 2.05) is 80.6 Å².